The molecule has 0 aliphatic carbocycles. The van der Waals surface area contributed by atoms with Gasteiger partial charge in [0.2, 0.25) is 0 Å². The fourth-order valence-electron chi connectivity index (χ4n) is 6.79. The van der Waals surface area contributed by atoms with Crippen molar-refractivity contribution in [3.05, 3.63) is 146 Å². The zero-order chi connectivity index (χ0) is 31.6. The van der Waals surface area contributed by atoms with E-state index < -0.39 is 0 Å². The monoisotopic (exact) mass is 616 g/mol. The summed E-state index contributed by atoms with van der Waals surface area (Å²) in [5.41, 5.74) is 7.78. The van der Waals surface area contributed by atoms with Gasteiger partial charge in [-0.15, -0.1) is 0 Å². The average molecular weight is 617 g/mol. The molecule has 10 aromatic rings. The molecule has 0 atom stereocenters. The first-order valence-electron chi connectivity index (χ1n) is 15.8. The summed E-state index contributed by atoms with van der Waals surface area (Å²) in [7, 11) is 0. The summed E-state index contributed by atoms with van der Waals surface area (Å²) in [6, 6.07) is 45.1. The highest BCUT2D eigenvalue weighted by Crippen LogP contribution is 2.42. The minimum atomic E-state index is 0.547. The minimum absolute atomic E-state index is 0.547. The van der Waals surface area contributed by atoms with Crippen LogP contribution in [0.5, 0.6) is 0 Å². The van der Waals surface area contributed by atoms with Crippen molar-refractivity contribution in [3.63, 3.8) is 0 Å². The second kappa shape index (κ2) is 10.4. The predicted octanol–water partition coefficient (Wildman–Crippen LogP) is 10.9. The van der Waals surface area contributed by atoms with E-state index in [4.69, 9.17) is 23.8 Å². The van der Waals surface area contributed by atoms with Crippen molar-refractivity contribution in [2.45, 2.75) is 0 Å². The first-order valence-corrected chi connectivity index (χ1v) is 15.8. The highest BCUT2D eigenvalue weighted by atomic mass is 16.3. The molecule has 224 valence electrons. The lowest BCUT2D eigenvalue weighted by molar-refractivity contribution is 0.669. The molecule has 0 saturated carbocycles. The molecule has 4 heterocycles. The Morgan fingerprint density at radius 3 is 2.02 bits per heavy atom. The van der Waals surface area contributed by atoms with Gasteiger partial charge in [0.1, 0.15) is 22.3 Å². The van der Waals surface area contributed by atoms with Crippen LogP contribution in [-0.4, -0.2) is 19.9 Å². The van der Waals surface area contributed by atoms with E-state index in [2.05, 4.69) is 65.6 Å². The second-order valence-corrected chi connectivity index (χ2v) is 11.8. The van der Waals surface area contributed by atoms with Crippen molar-refractivity contribution in [1.82, 2.24) is 19.9 Å². The average Bonchev–Trinajstić information content (AvgIpc) is 3.74. The SMILES string of the molecule is c1ccc(-c2nc(-c3cccc4oc5ccccc5c34)nc(-c3ccc(-c4ccc5ccccc5c4)c4oc5ccncc5c34)n2)cc1. The van der Waals surface area contributed by atoms with Gasteiger partial charge in [-0.25, -0.2) is 15.0 Å². The van der Waals surface area contributed by atoms with Crippen molar-refractivity contribution < 1.29 is 8.83 Å². The minimum Gasteiger partial charge on any atom is -0.456 e. The van der Waals surface area contributed by atoms with E-state index in [0.717, 1.165) is 71.7 Å². The smallest absolute Gasteiger partial charge is 0.164 e. The summed E-state index contributed by atoms with van der Waals surface area (Å²) in [5.74, 6) is 1.69. The molecule has 6 heteroatoms. The molecular formula is C42H24N4O2. The van der Waals surface area contributed by atoms with Crippen molar-refractivity contribution in [2.75, 3.05) is 0 Å². The maximum Gasteiger partial charge on any atom is 0.164 e. The Balaban J connectivity index is 1.26. The third-order valence-electron chi connectivity index (χ3n) is 9.03. The van der Waals surface area contributed by atoms with E-state index in [-0.39, 0.29) is 0 Å². The highest BCUT2D eigenvalue weighted by Gasteiger charge is 2.22. The van der Waals surface area contributed by atoms with Crippen LogP contribution in [-0.2, 0) is 0 Å². The number of para-hydroxylation sites is 1. The van der Waals surface area contributed by atoms with Crippen LogP contribution in [0, 0.1) is 0 Å². The van der Waals surface area contributed by atoms with Crippen LogP contribution in [0.25, 0.3) is 99.9 Å². The molecule has 6 nitrogen and oxygen atoms in total. The van der Waals surface area contributed by atoms with Gasteiger partial charge >= 0.3 is 0 Å². The van der Waals surface area contributed by atoms with Crippen molar-refractivity contribution in [2.24, 2.45) is 0 Å². The molecular weight excluding hydrogens is 592 g/mol. The normalized spacial score (nSPS) is 11.8. The quantitative estimate of drug-likeness (QED) is 0.196. The summed E-state index contributed by atoms with van der Waals surface area (Å²) >= 11 is 0. The molecule has 0 radical (unpaired) electrons. The molecule has 0 bridgehead atoms. The van der Waals surface area contributed by atoms with E-state index in [1.807, 2.05) is 79.0 Å². The Morgan fingerprint density at radius 1 is 0.417 bits per heavy atom. The van der Waals surface area contributed by atoms with Gasteiger partial charge in [0.15, 0.2) is 17.5 Å². The first-order chi connectivity index (χ1) is 23.8. The summed E-state index contributed by atoms with van der Waals surface area (Å²) in [6.45, 7) is 0. The molecule has 0 saturated heterocycles. The van der Waals surface area contributed by atoms with Crippen molar-refractivity contribution >= 4 is 54.6 Å². The summed E-state index contributed by atoms with van der Waals surface area (Å²) in [4.78, 5) is 19.8. The maximum absolute atomic E-state index is 6.61. The molecule has 0 aliphatic rings. The molecule has 0 spiro atoms. The van der Waals surface area contributed by atoms with Gasteiger partial charge in [-0.3, -0.25) is 4.98 Å². The van der Waals surface area contributed by atoms with E-state index in [1.54, 1.807) is 6.20 Å². The Bertz CT molecular complexity index is 2850. The lowest BCUT2D eigenvalue weighted by Gasteiger charge is -2.11. The van der Waals surface area contributed by atoms with Crippen LogP contribution in [0.3, 0.4) is 0 Å². The molecule has 48 heavy (non-hydrogen) atoms. The number of benzene rings is 6. The molecule has 0 fully saturated rings. The molecule has 0 amide bonds. The van der Waals surface area contributed by atoms with Crippen LogP contribution in [0.4, 0.5) is 0 Å². The molecule has 0 unspecified atom stereocenters. The van der Waals surface area contributed by atoms with E-state index in [1.165, 1.54) is 10.8 Å². The summed E-state index contributed by atoms with van der Waals surface area (Å²) < 4.78 is 12.8. The fourth-order valence-corrected chi connectivity index (χ4v) is 6.79. The van der Waals surface area contributed by atoms with Crippen molar-refractivity contribution in [3.8, 4) is 45.3 Å². The van der Waals surface area contributed by atoms with Crippen LogP contribution in [0.2, 0.25) is 0 Å². The fraction of sp³-hybridized carbons (Fsp3) is 0. The molecule has 0 aliphatic heterocycles. The number of furan rings is 2. The molecule has 6 aromatic carbocycles. The third kappa shape index (κ3) is 4.13. The number of fused-ring (bicyclic) bond motifs is 7. The van der Waals surface area contributed by atoms with E-state index >= 15 is 0 Å². The van der Waals surface area contributed by atoms with Gasteiger partial charge in [0, 0.05) is 56.2 Å². The number of hydrogen-bond acceptors (Lipinski definition) is 6. The number of pyridine rings is 1. The van der Waals surface area contributed by atoms with Gasteiger partial charge in [0.05, 0.1) is 0 Å². The number of aromatic nitrogens is 4. The van der Waals surface area contributed by atoms with Gasteiger partial charge in [-0.05, 0) is 52.7 Å². The number of rotatable bonds is 4. The van der Waals surface area contributed by atoms with Gasteiger partial charge in [0.25, 0.3) is 0 Å². The number of nitrogens with zero attached hydrogens (tertiary/aromatic N) is 4. The largest absolute Gasteiger partial charge is 0.456 e. The maximum atomic E-state index is 6.61. The summed E-state index contributed by atoms with van der Waals surface area (Å²) in [6.07, 6.45) is 3.61. The number of hydrogen-bond donors (Lipinski definition) is 0. The van der Waals surface area contributed by atoms with E-state index in [9.17, 15) is 0 Å². The van der Waals surface area contributed by atoms with Gasteiger partial charge in [-0.1, -0.05) is 97.1 Å². The highest BCUT2D eigenvalue weighted by molar-refractivity contribution is 6.16. The Hall–Kier alpha value is -6.66. The van der Waals surface area contributed by atoms with Crippen LogP contribution >= 0.6 is 0 Å². The summed E-state index contributed by atoms with van der Waals surface area (Å²) in [5, 5.41) is 6.15. The van der Waals surface area contributed by atoms with E-state index in [0.29, 0.717) is 17.5 Å². The van der Waals surface area contributed by atoms with Crippen LogP contribution < -0.4 is 0 Å². The Kier molecular flexibility index (Phi) is 5.77. The first kappa shape index (κ1) is 26.5. The second-order valence-electron chi connectivity index (χ2n) is 11.8. The lowest BCUT2D eigenvalue weighted by atomic mass is 9.96. The lowest BCUT2D eigenvalue weighted by Crippen LogP contribution is -2.01. The molecule has 0 N–H and O–H groups in total. The third-order valence-corrected chi connectivity index (χ3v) is 9.03. The Labute approximate surface area is 274 Å². The molecule has 4 aromatic heterocycles. The van der Waals surface area contributed by atoms with Crippen LogP contribution in [0.15, 0.2) is 155 Å². The molecule has 10 rings (SSSR count). The topological polar surface area (TPSA) is 77.8 Å². The predicted molar refractivity (Wildman–Crippen MR) is 191 cm³/mol. The Morgan fingerprint density at radius 2 is 1.12 bits per heavy atom. The van der Waals surface area contributed by atoms with Crippen molar-refractivity contribution in [1.29, 1.82) is 0 Å². The van der Waals surface area contributed by atoms with Crippen LogP contribution in [0.1, 0.15) is 0 Å². The standard InChI is InChI=1S/C42H24N4O2/c1-2-10-26(11-3-1)40-44-41(31-14-8-16-36-37(31)30-13-6-7-15-34(30)47-36)46-42(45-40)32-20-19-29(28-18-17-25-9-4-5-12-27(25)23-28)39-38(32)33-24-43-22-21-35(33)48-39/h1-24H. The van der Waals surface area contributed by atoms with Gasteiger partial charge in [-0.2, -0.15) is 0 Å². The zero-order valence-electron chi connectivity index (χ0n) is 25.5. The van der Waals surface area contributed by atoms with Gasteiger partial charge < -0.3 is 8.83 Å². The zero-order valence-corrected chi connectivity index (χ0v) is 25.5.